The van der Waals surface area contributed by atoms with E-state index in [1.165, 1.54) is 0 Å². The van der Waals surface area contributed by atoms with Gasteiger partial charge in [-0.2, -0.15) is 0 Å². The van der Waals surface area contributed by atoms with Gasteiger partial charge in [-0.3, -0.25) is 9.59 Å². The van der Waals surface area contributed by atoms with Gasteiger partial charge in [-0.15, -0.1) is 0 Å². The van der Waals surface area contributed by atoms with Crippen molar-refractivity contribution >= 4 is 11.9 Å². The molecule has 0 spiro atoms. The molecular weight excluding hydrogens is 282 g/mol. The number of hydrogen-bond donors (Lipinski definition) is 2. The number of aliphatic carboxylic acids is 1. The van der Waals surface area contributed by atoms with Crippen LogP contribution in [0, 0.1) is 11.8 Å². The number of nitrogens with zero attached hydrogens (tertiary/aromatic N) is 2. The second-order valence-corrected chi connectivity index (χ2v) is 5.97. The number of carbonyl (C=O) groups excluding carboxylic acids is 1. The fourth-order valence-electron chi connectivity index (χ4n) is 2.85. The van der Waals surface area contributed by atoms with Crippen LogP contribution in [0.2, 0.25) is 0 Å². The summed E-state index contributed by atoms with van der Waals surface area (Å²) in [6.45, 7) is 5.25. The number of carboxylic acids is 1. The van der Waals surface area contributed by atoms with Gasteiger partial charge in [0.2, 0.25) is 5.91 Å². The maximum atomic E-state index is 12.3. The minimum absolute atomic E-state index is 0.148. The van der Waals surface area contributed by atoms with Crippen molar-refractivity contribution < 1.29 is 14.7 Å². The lowest BCUT2D eigenvalue weighted by molar-refractivity contribution is -0.147. The van der Waals surface area contributed by atoms with Gasteiger partial charge in [0.1, 0.15) is 0 Å². The highest BCUT2D eigenvalue weighted by Gasteiger charge is 2.36. The highest BCUT2D eigenvalue weighted by atomic mass is 16.4. The van der Waals surface area contributed by atoms with Crippen molar-refractivity contribution in [2.45, 2.75) is 39.7 Å². The number of aromatic nitrogens is 2. The molecule has 2 N–H and O–H groups in total. The van der Waals surface area contributed by atoms with E-state index in [-0.39, 0.29) is 5.91 Å². The fraction of sp³-hybridized carbons (Fsp3) is 0.562. The fourth-order valence-corrected chi connectivity index (χ4v) is 2.85. The Labute approximate surface area is 130 Å². The first kappa shape index (κ1) is 16.3. The normalized spacial score (nSPS) is 21.7. The lowest BCUT2D eigenvalue weighted by atomic mass is 9.76. The number of aryl methyl sites for hydroxylation is 1. The standard InChI is InChI=1S/C16H23N3O3/c1-11-8-13(14(16(21)22)9-12(11)2)15(20)18-4-3-6-19-7-5-17-10-19/h5,7,10,13-14H,3-4,6,8-9H2,1-2H3,(H,18,20)(H,21,22)/t13-,14+/m1/s1. The van der Waals surface area contributed by atoms with E-state index in [1.54, 1.807) is 12.5 Å². The predicted molar refractivity (Wildman–Crippen MR) is 82.1 cm³/mol. The Morgan fingerprint density at radius 1 is 1.32 bits per heavy atom. The second-order valence-electron chi connectivity index (χ2n) is 5.97. The number of allylic oxidation sites excluding steroid dienone is 2. The number of rotatable bonds is 6. The Kier molecular flexibility index (Phi) is 5.35. The van der Waals surface area contributed by atoms with Crippen LogP contribution in [0.3, 0.4) is 0 Å². The molecular formula is C16H23N3O3. The van der Waals surface area contributed by atoms with Crippen molar-refractivity contribution in [1.82, 2.24) is 14.9 Å². The van der Waals surface area contributed by atoms with Crippen molar-refractivity contribution in [3.8, 4) is 0 Å². The first-order valence-electron chi connectivity index (χ1n) is 7.60. The Bertz CT molecular complexity index is 563. The maximum absolute atomic E-state index is 12.3. The Balaban J connectivity index is 1.86. The van der Waals surface area contributed by atoms with Crippen molar-refractivity contribution in [2.75, 3.05) is 6.54 Å². The topological polar surface area (TPSA) is 84.2 Å². The number of imidazole rings is 1. The lowest BCUT2D eigenvalue weighted by Crippen LogP contribution is -2.40. The lowest BCUT2D eigenvalue weighted by Gasteiger charge is -2.29. The zero-order chi connectivity index (χ0) is 16.1. The highest BCUT2D eigenvalue weighted by Crippen LogP contribution is 2.34. The van der Waals surface area contributed by atoms with Crippen molar-refractivity contribution in [3.05, 3.63) is 29.9 Å². The minimum atomic E-state index is -0.884. The first-order chi connectivity index (χ1) is 10.5. The molecule has 0 aliphatic heterocycles. The molecule has 0 saturated carbocycles. The molecule has 1 aliphatic rings. The molecule has 0 radical (unpaired) electrons. The second kappa shape index (κ2) is 7.24. The van der Waals surface area contributed by atoms with E-state index in [0.29, 0.717) is 19.4 Å². The molecule has 6 heteroatoms. The summed E-state index contributed by atoms with van der Waals surface area (Å²) in [5.74, 6) is -2.11. The van der Waals surface area contributed by atoms with Crippen LogP contribution in [0.4, 0.5) is 0 Å². The molecule has 2 rings (SSSR count). The summed E-state index contributed by atoms with van der Waals surface area (Å²) in [4.78, 5) is 27.7. The summed E-state index contributed by atoms with van der Waals surface area (Å²) < 4.78 is 1.95. The molecule has 0 unspecified atom stereocenters. The number of nitrogens with one attached hydrogen (secondary N) is 1. The number of carboxylic acid groups (broad SMARTS) is 1. The third kappa shape index (κ3) is 3.96. The van der Waals surface area contributed by atoms with Crippen LogP contribution in [0.25, 0.3) is 0 Å². The molecule has 1 amide bonds. The largest absolute Gasteiger partial charge is 0.481 e. The molecule has 6 nitrogen and oxygen atoms in total. The predicted octanol–water partition coefficient (Wildman–Crippen LogP) is 1.84. The molecule has 1 aliphatic carbocycles. The van der Waals surface area contributed by atoms with Gasteiger partial charge < -0.3 is 15.0 Å². The van der Waals surface area contributed by atoms with Crippen LogP contribution in [0.1, 0.15) is 33.1 Å². The Morgan fingerprint density at radius 2 is 2.00 bits per heavy atom. The third-order valence-corrected chi connectivity index (χ3v) is 4.37. The van der Waals surface area contributed by atoms with Gasteiger partial charge in [0.05, 0.1) is 18.2 Å². The summed E-state index contributed by atoms with van der Waals surface area (Å²) >= 11 is 0. The number of carbonyl (C=O) groups is 2. The highest BCUT2D eigenvalue weighted by molar-refractivity contribution is 5.85. The van der Waals surface area contributed by atoms with Crippen molar-refractivity contribution in [3.63, 3.8) is 0 Å². The molecule has 1 aromatic rings. The number of amides is 1. The van der Waals surface area contributed by atoms with Crippen LogP contribution in [0.15, 0.2) is 29.9 Å². The quantitative estimate of drug-likeness (QED) is 0.620. The molecule has 1 heterocycles. The average Bonchev–Trinajstić information content (AvgIpc) is 2.98. The summed E-state index contributed by atoms with van der Waals surface area (Å²) in [6, 6.07) is 0. The SMILES string of the molecule is CC1=C(C)C[C@@H](C(=O)NCCCn2ccnc2)[C@@H](C(=O)O)C1. The van der Waals surface area contributed by atoms with Gasteiger partial charge in [-0.25, -0.2) is 4.98 Å². The average molecular weight is 305 g/mol. The van der Waals surface area contributed by atoms with Gasteiger partial charge in [-0.1, -0.05) is 11.1 Å². The third-order valence-electron chi connectivity index (χ3n) is 4.37. The molecule has 2 atom stereocenters. The Morgan fingerprint density at radius 3 is 2.59 bits per heavy atom. The van der Waals surface area contributed by atoms with E-state index in [0.717, 1.165) is 24.1 Å². The van der Waals surface area contributed by atoms with E-state index < -0.39 is 17.8 Å². The molecule has 22 heavy (non-hydrogen) atoms. The summed E-state index contributed by atoms with van der Waals surface area (Å²) in [7, 11) is 0. The minimum Gasteiger partial charge on any atom is -0.481 e. The molecule has 0 saturated heterocycles. The van der Waals surface area contributed by atoms with Gasteiger partial charge in [0, 0.05) is 25.5 Å². The van der Waals surface area contributed by atoms with Gasteiger partial charge in [0.25, 0.3) is 0 Å². The van der Waals surface area contributed by atoms with E-state index in [1.807, 2.05) is 24.6 Å². The van der Waals surface area contributed by atoms with Crippen LogP contribution >= 0.6 is 0 Å². The maximum Gasteiger partial charge on any atom is 0.307 e. The molecule has 0 bridgehead atoms. The van der Waals surface area contributed by atoms with E-state index in [9.17, 15) is 14.7 Å². The first-order valence-corrected chi connectivity index (χ1v) is 7.60. The van der Waals surface area contributed by atoms with Crippen molar-refractivity contribution in [2.24, 2.45) is 11.8 Å². The summed E-state index contributed by atoms with van der Waals surface area (Å²) in [5, 5.41) is 12.2. The van der Waals surface area contributed by atoms with E-state index in [2.05, 4.69) is 10.3 Å². The van der Waals surface area contributed by atoms with Gasteiger partial charge >= 0.3 is 5.97 Å². The molecule has 0 aromatic carbocycles. The monoisotopic (exact) mass is 305 g/mol. The van der Waals surface area contributed by atoms with Gasteiger partial charge in [-0.05, 0) is 33.1 Å². The van der Waals surface area contributed by atoms with E-state index in [4.69, 9.17) is 0 Å². The van der Waals surface area contributed by atoms with E-state index >= 15 is 0 Å². The van der Waals surface area contributed by atoms with Gasteiger partial charge in [0.15, 0.2) is 0 Å². The van der Waals surface area contributed by atoms with Crippen LogP contribution in [-0.4, -0.2) is 33.1 Å². The number of hydrogen-bond acceptors (Lipinski definition) is 3. The Hall–Kier alpha value is -2.11. The van der Waals surface area contributed by atoms with Crippen LogP contribution in [-0.2, 0) is 16.1 Å². The smallest absolute Gasteiger partial charge is 0.307 e. The molecule has 120 valence electrons. The zero-order valence-electron chi connectivity index (χ0n) is 13.1. The molecule has 1 aromatic heterocycles. The molecule has 0 fully saturated rings. The van der Waals surface area contributed by atoms with Crippen LogP contribution < -0.4 is 5.32 Å². The van der Waals surface area contributed by atoms with Crippen molar-refractivity contribution in [1.29, 1.82) is 0 Å². The zero-order valence-corrected chi connectivity index (χ0v) is 13.1. The van der Waals surface area contributed by atoms with Crippen LogP contribution in [0.5, 0.6) is 0 Å². The summed E-state index contributed by atoms with van der Waals surface area (Å²) in [6.07, 6.45) is 7.13. The summed E-state index contributed by atoms with van der Waals surface area (Å²) in [5.41, 5.74) is 2.23.